The van der Waals surface area contributed by atoms with Crippen molar-refractivity contribution in [2.75, 3.05) is 6.61 Å². The zero-order valence-electron chi connectivity index (χ0n) is 14.1. The van der Waals surface area contributed by atoms with Gasteiger partial charge < -0.3 is 14.6 Å². The molecule has 6 heteroatoms. The first-order valence-electron chi connectivity index (χ1n) is 8.54. The smallest absolute Gasteiger partial charge is 0.139 e. The van der Waals surface area contributed by atoms with Crippen molar-refractivity contribution in [3.63, 3.8) is 0 Å². The van der Waals surface area contributed by atoms with Gasteiger partial charge in [-0.15, -0.1) is 0 Å². The molecular formula is C18H23N5O. The molecule has 2 aromatic heterocycles. The van der Waals surface area contributed by atoms with Gasteiger partial charge in [-0.1, -0.05) is 18.2 Å². The van der Waals surface area contributed by atoms with Crippen LogP contribution in [0.25, 0.3) is 10.9 Å². The van der Waals surface area contributed by atoms with E-state index in [0.717, 1.165) is 37.6 Å². The Balaban J connectivity index is 1.54. The Kier molecular flexibility index (Phi) is 4.08. The Morgan fingerprint density at radius 2 is 2.21 bits per heavy atom. The fourth-order valence-electron chi connectivity index (χ4n) is 3.50. The summed E-state index contributed by atoms with van der Waals surface area (Å²) in [5.41, 5.74) is 2.29. The highest BCUT2D eigenvalue weighted by atomic mass is 16.5. The highest BCUT2D eigenvalue weighted by Crippen LogP contribution is 2.28. The standard InChI is InChI=1S/C18H23N5O/c1-3-23-16-7-5-4-6-13(16)15(21-23)12-20-14-8-11-24-17(14)18-19-9-10-22(18)2/h4-7,9-10,14,17,20H,3,8,11-12H2,1-2H3/t14-,17-/m0/s1. The van der Waals surface area contributed by atoms with Gasteiger partial charge >= 0.3 is 0 Å². The van der Waals surface area contributed by atoms with Gasteiger partial charge in [-0.25, -0.2) is 4.98 Å². The first-order chi connectivity index (χ1) is 11.8. The van der Waals surface area contributed by atoms with Crippen molar-refractivity contribution in [1.29, 1.82) is 0 Å². The van der Waals surface area contributed by atoms with E-state index in [4.69, 9.17) is 9.84 Å². The minimum Gasteiger partial charge on any atom is -0.369 e. The fourth-order valence-corrected chi connectivity index (χ4v) is 3.50. The summed E-state index contributed by atoms with van der Waals surface area (Å²) in [6.07, 6.45) is 4.78. The summed E-state index contributed by atoms with van der Waals surface area (Å²) < 4.78 is 10.0. The maximum atomic E-state index is 5.92. The van der Waals surface area contributed by atoms with E-state index in [0.29, 0.717) is 0 Å². The highest BCUT2D eigenvalue weighted by molar-refractivity contribution is 5.81. The van der Waals surface area contributed by atoms with Crippen LogP contribution in [0.3, 0.4) is 0 Å². The maximum Gasteiger partial charge on any atom is 0.139 e. The normalized spacial score (nSPS) is 20.9. The van der Waals surface area contributed by atoms with Gasteiger partial charge in [-0.3, -0.25) is 4.68 Å². The van der Waals surface area contributed by atoms with Crippen LogP contribution < -0.4 is 5.32 Å². The van der Waals surface area contributed by atoms with Crippen molar-refractivity contribution in [3.8, 4) is 0 Å². The van der Waals surface area contributed by atoms with Crippen molar-refractivity contribution >= 4 is 10.9 Å². The van der Waals surface area contributed by atoms with Crippen molar-refractivity contribution in [1.82, 2.24) is 24.6 Å². The summed E-state index contributed by atoms with van der Waals surface area (Å²) in [5.74, 6) is 0.981. The highest BCUT2D eigenvalue weighted by Gasteiger charge is 2.32. The van der Waals surface area contributed by atoms with Crippen LogP contribution in [0.2, 0.25) is 0 Å². The monoisotopic (exact) mass is 325 g/mol. The van der Waals surface area contributed by atoms with Crippen LogP contribution in [0.4, 0.5) is 0 Å². The molecular weight excluding hydrogens is 302 g/mol. The second-order valence-electron chi connectivity index (χ2n) is 6.24. The molecule has 0 spiro atoms. The predicted octanol–water partition coefficient (Wildman–Crippen LogP) is 2.41. The van der Waals surface area contributed by atoms with E-state index in [2.05, 4.69) is 46.2 Å². The SMILES string of the molecule is CCn1nc(CN[C@H]2CCO[C@@H]2c2nccn2C)c2ccccc21. The number of benzene rings is 1. The zero-order valence-corrected chi connectivity index (χ0v) is 14.1. The van der Waals surface area contributed by atoms with E-state index in [-0.39, 0.29) is 12.1 Å². The van der Waals surface area contributed by atoms with Crippen LogP contribution in [0, 0.1) is 0 Å². The third-order valence-electron chi connectivity index (χ3n) is 4.77. The number of nitrogens with one attached hydrogen (secondary N) is 1. The summed E-state index contributed by atoms with van der Waals surface area (Å²) in [6, 6.07) is 8.67. The van der Waals surface area contributed by atoms with Gasteiger partial charge in [0, 0.05) is 50.6 Å². The van der Waals surface area contributed by atoms with E-state index in [9.17, 15) is 0 Å². The molecule has 0 amide bonds. The Morgan fingerprint density at radius 3 is 3.00 bits per heavy atom. The van der Waals surface area contributed by atoms with E-state index in [1.54, 1.807) is 0 Å². The molecule has 1 saturated heterocycles. The van der Waals surface area contributed by atoms with E-state index in [1.165, 1.54) is 10.9 Å². The molecule has 0 radical (unpaired) electrons. The van der Waals surface area contributed by atoms with Crippen LogP contribution >= 0.6 is 0 Å². The molecule has 1 fully saturated rings. The molecule has 3 aromatic rings. The largest absolute Gasteiger partial charge is 0.369 e. The fraction of sp³-hybridized carbons (Fsp3) is 0.444. The number of hydrogen-bond acceptors (Lipinski definition) is 4. The lowest BCUT2D eigenvalue weighted by Gasteiger charge is -2.19. The Bertz CT molecular complexity index is 837. The minimum absolute atomic E-state index is 0.00419. The van der Waals surface area contributed by atoms with E-state index < -0.39 is 0 Å². The van der Waals surface area contributed by atoms with Gasteiger partial charge in [-0.2, -0.15) is 5.10 Å². The molecule has 0 bridgehead atoms. The molecule has 126 valence electrons. The zero-order chi connectivity index (χ0) is 16.5. The average Bonchev–Trinajstić information content (AvgIpc) is 3.31. The molecule has 4 rings (SSSR count). The molecule has 0 saturated carbocycles. The molecule has 1 aliphatic rings. The van der Waals surface area contributed by atoms with Crippen molar-refractivity contribution in [2.45, 2.75) is 38.6 Å². The molecule has 0 aliphatic carbocycles. The molecule has 2 atom stereocenters. The average molecular weight is 325 g/mol. The van der Waals surface area contributed by atoms with Gasteiger partial charge in [0.25, 0.3) is 0 Å². The topological polar surface area (TPSA) is 56.9 Å². The number of para-hydroxylation sites is 1. The number of nitrogens with zero attached hydrogens (tertiary/aromatic N) is 4. The number of imidazole rings is 1. The van der Waals surface area contributed by atoms with Crippen LogP contribution in [0.5, 0.6) is 0 Å². The summed E-state index contributed by atoms with van der Waals surface area (Å²) in [7, 11) is 2.01. The first kappa shape index (κ1) is 15.4. The predicted molar refractivity (Wildman–Crippen MR) is 92.6 cm³/mol. The summed E-state index contributed by atoms with van der Waals surface area (Å²) in [5, 5.41) is 9.63. The number of ether oxygens (including phenoxy) is 1. The van der Waals surface area contributed by atoms with Gasteiger partial charge in [0.05, 0.1) is 11.2 Å². The van der Waals surface area contributed by atoms with Gasteiger partial charge in [-0.05, 0) is 19.4 Å². The Morgan fingerprint density at radius 1 is 1.33 bits per heavy atom. The number of aromatic nitrogens is 4. The first-order valence-corrected chi connectivity index (χ1v) is 8.54. The number of hydrogen-bond donors (Lipinski definition) is 1. The lowest BCUT2D eigenvalue weighted by molar-refractivity contribution is 0.0892. The summed E-state index contributed by atoms with van der Waals surface area (Å²) >= 11 is 0. The second kappa shape index (κ2) is 6.37. The molecule has 0 unspecified atom stereocenters. The molecule has 6 nitrogen and oxygen atoms in total. The van der Waals surface area contributed by atoms with Crippen LogP contribution in [0.15, 0.2) is 36.7 Å². The van der Waals surface area contributed by atoms with Crippen LogP contribution in [0.1, 0.15) is 31.0 Å². The third-order valence-corrected chi connectivity index (χ3v) is 4.77. The van der Waals surface area contributed by atoms with E-state index in [1.807, 2.05) is 24.0 Å². The lowest BCUT2D eigenvalue weighted by Crippen LogP contribution is -2.32. The summed E-state index contributed by atoms with van der Waals surface area (Å²) in [4.78, 5) is 4.45. The molecule has 1 aromatic carbocycles. The Labute approximate surface area is 141 Å². The maximum absolute atomic E-state index is 5.92. The lowest BCUT2D eigenvalue weighted by atomic mass is 10.1. The number of fused-ring (bicyclic) bond motifs is 1. The quantitative estimate of drug-likeness (QED) is 0.783. The molecule has 1 aliphatic heterocycles. The number of rotatable bonds is 5. The molecule has 1 N–H and O–H groups in total. The van der Waals surface area contributed by atoms with Gasteiger partial charge in [0.1, 0.15) is 11.9 Å². The van der Waals surface area contributed by atoms with Crippen molar-refractivity contribution in [3.05, 3.63) is 48.2 Å². The molecule has 24 heavy (non-hydrogen) atoms. The van der Waals surface area contributed by atoms with E-state index >= 15 is 0 Å². The second-order valence-corrected chi connectivity index (χ2v) is 6.24. The number of aryl methyl sites for hydroxylation is 2. The van der Waals surface area contributed by atoms with Crippen molar-refractivity contribution in [2.24, 2.45) is 7.05 Å². The third kappa shape index (κ3) is 2.61. The van der Waals surface area contributed by atoms with Gasteiger partial charge in [0.2, 0.25) is 0 Å². The van der Waals surface area contributed by atoms with Crippen LogP contribution in [-0.4, -0.2) is 32.0 Å². The van der Waals surface area contributed by atoms with Crippen molar-refractivity contribution < 1.29 is 4.74 Å². The molecule has 3 heterocycles. The van der Waals surface area contributed by atoms with Crippen LogP contribution in [-0.2, 0) is 24.9 Å². The Hall–Kier alpha value is -2.18. The summed E-state index contributed by atoms with van der Waals surface area (Å²) in [6.45, 7) is 4.50. The minimum atomic E-state index is 0.00419. The van der Waals surface area contributed by atoms with Gasteiger partial charge in [0.15, 0.2) is 0 Å².